The third-order valence-corrected chi connectivity index (χ3v) is 6.21. The predicted octanol–water partition coefficient (Wildman–Crippen LogP) is 6.22. The van der Waals surface area contributed by atoms with Gasteiger partial charge in [0.25, 0.3) is 0 Å². The summed E-state index contributed by atoms with van der Waals surface area (Å²) in [5.41, 5.74) is 2.80. The smallest absolute Gasteiger partial charge is 0.250 e. The van der Waals surface area contributed by atoms with Crippen molar-refractivity contribution in [2.24, 2.45) is 5.92 Å². The number of rotatable bonds is 8. The predicted molar refractivity (Wildman–Crippen MR) is 124 cm³/mol. The molecule has 0 spiro atoms. The summed E-state index contributed by atoms with van der Waals surface area (Å²) in [6, 6.07) is 15.9. The van der Waals surface area contributed by atoms with Crippen molar-refractivity contribution in [3.8, 4) is 17.0 Å². The Kier molecular flexibility index (Phi) is 7.49. The summed E-state index contributed by atoms with van der Waals surface area (Å²) in [6.07, 6.45) is 3.34. The van der Waals surface area contributed by atoms with Crippen LogP contribution in [-0.2, 0) is 4.79 Å². The van der Waals surface area contributed by atoms with Crippen molar-refractivity contribution in [2.75, 3.05) is 18.2 Å². The topological polar surface area (TPSA) is 51.2 Å². The van der Waals surface area contributed by atoms with E-state index in [0.29, 0.717) is 11.0 Å². The molecule has 0 aliphatic heterocycles. The molecule has 29 heavy (non-hydrogen) atoms. The fourth-order valence-electron chi connectivity index (χ4n) is 2.48. The number of carbonyl (C=O) groups is 1. The fourth-order valence-corrected chi connectivity index (χ4v) is 4.06. The molecular formula is C23H24N2O2S2. The van der Waals surface area contributed by atoms with Gasteiger partial charge in [-0.05, 0) is 54.0 Å². The largest absolute Gasteiger partial charge is 0.497 e. The van der Waals surface area contributed by atoms with Crippen LogP contribution in [0.25, 0.3) is 17.3 Å². The molecule has 0 saturated carbocycles. The maximum atomic E-state index is 12.2. The highest BCUT2D eigenvalue weighted by Gasteiger charge is 2.07. The molecule has 1 N–H and O–H groups in total. The van der Waals surface area contributed by atoms with E-state index >= 15 is 0 Å². The van der Waals surface area contributed by atoms with E-state index in [-0.39, 0.29) is 5.91 Å². The van der Waals surface area contributed by atoms with Gasteiger partial charge in [0.15, 0.2) is 5.13 Å². The number of anilines is 1. The number of ether oxygens (including phenoxy) is 1. The highest BCUT2D eigenvalue weighted by atomic mass is 32.2. The Morgan fingerprint density at radius 1 is 1.17 bits per heavy atom. The van der Waals surface area contributed by atoms with E-state index in [1.54, 1.807) is 7.11 Å². The first-order valence-electron chi connectivity index (χ1n) is 9.35. The van der Waals surface area contributed by atoms with Gasteiger partial charge >= 0.3 is 0 Å². The lowest BCUT2D eigenvalue weighted by molar-refractivity contribution is -0.111. The summed E-state index contributed by atoms with van der Waals surface area (Å²) >= 11 is 3.25. The van der Waals surface area contributed by atoms with Gasteiger partial charge in [-0.3, -0.25) is 10.1 Å². The van der Waals surface area contributed by atoms with Crippen LogP contribution in [0.2, 0.25) is 0 Å². The Hall–Kier alpha value is -2.57. The molecule has 0 aliphatic carbocycles. The number of amides is 1. The molecule has 0 atom stereocenters. The lowest BCUT2D eigenvalue weighted by atomic mass is 10.2. The Bertz CT molecular complexity index is 961. The number of thiazole rings is 1. The van der Waals surface area contributed by atoms with E-state index in [4.69, 9.17) is 4.74 Å². The van der Waals surface area contributed by atoms with Gasteiger partial charge in [-0.1, -0.05) is 26.0 Å². The molecule has 0 unspecified atom stereocenters. The van der Waals surface area contributed by atoms with Crippen LogP contribution in [0.4, 0.5) is 5.13 Å². The zero-order valence-electron chi connectivity index (χ0n) is 16.7. The second-order valence-corrected chi connectivity index (χ2v) is 8.81. The maximum Gasteiger partial charge on any atom is 0.250 e. The molecule has 1 aromatic heterocycles. The molecule has 0 aliphatic rings. The average molecular weight is 425 g/mol. The first-order chi connectivity index (χ1) is 14.0. The van der Waals surface area contributed by atoms with Crippen molar-refractivity contribution in [2.45, 2.75) is 18.7 Å². The summed E-state index contributed by atoms with van der Waals surface area (Å²) in [7, 11) is 1.64. The van der Waals surface area contributed by atoms with Gasteiger partial charge < -0.3 is 4.74 Å². The zero-order chi connectivity index (χ0) is 20.6. The summed E-state index contributed by atoms with van der Waals surface area (Å²) in [5.74, 6) is 2.37. The van der Waals surface area contributed by atoms with Gasteiger partial charge in [-0.15, -0.1) is 23.1 Å². The van der Waals surface area contributed by atoms with Gasteiger partial charge in [0, 0.05) is 27.7 Å². The van der Waals surface area contributed by atoms with E-state index in [1.807, 2.05) is 59.6 Å². The van der Waals surface area contributed by atoms with Crippen molar-refractivity contribution >= 4 is 40.2 Å². The maximum absolute atomic E-state index is 12.2. The third-order valence-electron chi connectivity index (χ3n) is 4.01. The Labute approximate surface area is 180 Å². The van der Waals surface area contributed by atoms with Crippen molar-refractivity contribution in [1.82, 2.24) is 4.98 Å². The van der Waals surface area contributed by atoms with Gasteiger partial charge in [-0.2, -0.15) is 0 Å². The lowest BCUT2D eigenvalue weighted by Gasteiger charge is -2.04. The molecule has 150 valence electrons. The van der Waals surface area contributed by atoms with Crippen LogP contribution in [0, 0.1) is 5.92 Å². The van der Waals surface area contributed by atoms with Crippen LogP contribution < -0.4 is 10.1 Å². The zero-order valence-corrected chi connectivity index (χ0v) is 18.3. The van der Waals surface area contributed by atoms with Gasteiger partial charge in [0.1, 0.15) is 5.75 Å². The minimum Gasteiger partial charge on any atom is -0.497 e. The number of carbonyl (C=O) groups excluding carboxylic acids is 1. The molecule has 1 amide bonds. The average Bonchev–Trinajstić information content (AvgIpc) is 3.20. The summed E-state index contributed by atoms with van der Waals surface area (Å²) in [6.45, 7) is 4.43. The second-order valence-electron chi connectivity index (χ2n) is 6.86. The van der Waals surface area contributed by atoms with Gasteiger partial charge in [0.2, 0.25) is 5.91 Å². The minimum atomic E-state index is -0.195. The van der Waals surface area contributed by atoms with E-state index < -0.39 is 0 Å². The number of hydrogen-bond acceptors (Lipinski definition) is 5. The molecule has 0 radical (unpaired) electrons. The monoisotopic (exact) mass is 424 g/mol. The summed E-state index contributed by atoms with van der Waals surface area (Å²) in [5, 5.41) is 5.32. The fraction of sp³-hybridized carbons (Fsp3) is 0.217. The number of methoxy groups -OCH3 is 1. The Morgan fingerprint density at radius 3 is 2.55 bits per heavy atom. The van der Waals surface area contributed by atoms with E-state index in [0.717, 1.165) is 28.3 Å². The Balaban J connectivity index is 1.55. The standard InChI is InChI=1S/C23H24N2O2S2/c1-16(2)14-28-20-11-4-17(5-12-20)6-13-22(26)25-23-24-21(15-29-23)18-7-9-19(27-3)10-8-18/h4-13,15-16H,14H2,1-3H3,(H,24,25,26)/b13-6+. The SMILES string of the molecule is COc1ccc(-c2csc(NC(=O)/C=C/c3ccc(SCC(C)C)cc3)n2)cc1. The highest BCUT2D eigenvalue weighted by Crippen LogP contribution is 2.26. The number of thioether (sulfide) groups is 1. The van der Waals surface area contributed by atoms with Crippen molar-refractivity contribution in [1.29, 1.82) is 0 Å². The minimum absolute atomic E-state index is 0.195. The van der Waals surface area contributed by atoms with Gasteiger partial charge in [-0.25, -0.2) is 4.98 Å². The quantitative estimate of drug-likeness (QED) is 0.344. The molecule has 1 heterocycles. The molecule has 0 fully saturated rings. The molecule has 0 bridgehead atoms. The molecule has 3 rings (SSSR count). The van der Waals surface area contributed by atoms with Crippen molar-refractivity contribution < 1.29 is 9.53 Å². The molecule has 2 aromatic carbocycles. The normalized spacial score (nSPS) is 11.2. The number of aromatic nitrogens is 1. The molecular weight excluding hydrogens is 400 g/mol. The van der Waals surface area contributed by atoms with E-state index in [2.05, 4.69) is 36.3 Å². The van der Waals surface area contributed by atoms with Crippen LogP contribution in [-0.4, -0.2) is 23.8 Å². The van der Waals surface area contributed by atoms with Crippen LogP contribution in [0.3, 0.4) is 0 Å². The van der Waals surface area contributed by atoms with Crippen LogP contribution >= 0.6 is 23.1 Å². The molecule has 4 nitrogen and oxygen atoms in total. The van der Waals surface area contributed by atoms with Crippen LogP contribution in [0.5, 0.6) is 5.75 Å². The molecule has 6 heteroatoms. The van der Waals surface area contributed by atoms with Crippen molar-refractivity contribution in [3.05, 3.63) is 65.6 Å². The first kappa shape index (κ1) is 21.1. The highest BCUT2D eigenvalue weighted by molar-refractivity contribution is 7.99. The van der Waals surface area contributed by atoms with Gasteiger partial charge in [0.05, 0.1) is 12.8 Å². The Morgan fingerprint density at radius 2 is 1.90 bits per heavy atom. The molecule has 0 saturated heterocycles. The number of benzene rings is 2. The summed E-state index contributed by atoms with van der Waals surface area (Å²) < 4.78 is 5.17. The number of nitrogens with zero attached hydrogens (tertiary/aromatic N) is 1. The lowest BCUT2D eigenvalue weighted by Crippen LogP contribution is -2.07. The number of nitrogens with one attached hydrogen (secondary N) is 1. The third kappa shape index (κ3) is 6.48. The summed E-state index contributed by atoms with van der Waals surface area (Å²) in [4.78, 5) is 17.9. The second kappa shape index (κ2) is 10.3. The van der Waals surface area contributed by atoms with E-state index in [9.17, 15) is 4.79 Å². The van der Waals surface area contributed by atoms with E-state index in [1.165, 1.54) is 22.3 Å². The molecule has 3 aromatic rings. The number of hydrogen-bond donors (Lipinski definition) is 1. The van der Waals surface area contributed by atoms with Crippen LogP contribution in [0.15, 0.2) is 64.9 Å². The van der Waals surface area contributed by atoms with Crippen molar-refractivity contribution in [3.63, 3.8) is 0 Å². The van der Waals surface area contributed by atoms with Crippen LogP contribution in [0.1, 0.15) is 19.4 Å². The first-order valence-corrected chi connectivity index (χ1v) is 11.2.